The van der Waals surface area contributed by atoms with Gasteiger partial charge in [-0.3, -0.25) is 4.79 Å². The molecule has 2 N–H and O–H groups in total. The highest BCUT2D eigenvalue weighted by Crippen LogP contribution is 2.16. The van der Waals surface area contributed by atoms with Gasteiger partial charge in [-0.1, -0.05) is 0 Å². The Hall–Kier alpha value is -1.89. The first kappa shape index (κ1) is 15.2. The molecule has 0 spiro atoms. The molecule has 19 heavy (non-hydrogen) atoms. The Labute approximate surface area is 109 Å². The second kappa shape index (κ2) is 7.52. The van der Waals surface area contributed by atoms with Gasteiger partial charge in [0.1, 0.15) is 17.6 Å². The highest BCUT2D eigenvalue weighted by atomic mass is 19.3. The van der Waals surface area contributed by atoms with E-state index in [1.165, 1.54) is 7.11 Å². The third-order valence-electron chi connectivity index (χ3n) is 2.23. The third kappa shape index (κ3) is 5.52. The Balaban J connectivity index is 2.29. The molecule has 1 unspecified atom stereocenters. The highest BCUT2D eigenvalue weighted by molar-refractivity contribution is 5.77. The van der Waals surface area contributed by atoms with Crippen molar-refractivity contribution in [3.8, 4) is 11.5 Å². The van der Waals surface area contributed by atoms with E-state index >= 15 is 0 Å². The molecule has 0 aliphatic heterocycles. The summed E-state index contributed by atoms with van der Waals surface area (Å²) in [7, 11) is 1.53. The van der Waals surface area contributed by atoms with Crippen molar-refractivity contribution in [1.82, 2.24) is 5.32 Å². The van der Waals surface area contributed by atoms with E-state index in [-0.39, 0.29) is 6.61 Å². The first-order valence-electron chi connectivity index (χ1n) is 5.52. The summed E-state index contributed by atoms with van der Waals surface area (Å²) in [6.07, 6.45) is -4.76. The van der Waals surface area contributed by atoms with Gasteiger partial charge in [-0.25, -0.2) is 8.78 Å². The van der Waals surface area contributed by atoms with E-state index in [0.29, 0.717) is 11.5 Å². The van der Waals surface area contributed by atoms with Crippen molar-refractivity contribution in [3.05, 3.63) is 24.3 Å². The smallest absolute Gasteiger partial charge is 0.265 e. The second-order valence-corrected chi connectivity index (χ2v) is 3.67. The Morgan fingerprint density at radius 3 is 2.42 bits per heavy atom. The first-order chi connectivity index (χ1) is 9.02. The number of carbonyl (C=O) groups is 1. The van der Waals surface area contributed by atoms with Crippen molar-refractivity contribution < 1.29 is 28.2 Å². The zero-order chi connectivity index (χ0) is 14.3. The Morgan fingerprint density at radius 1 is 1.32 bits per heavy atom. The molecule has 0 aliphatic carbocycles. The van der Waals surface area contributed by atoms with Crippen LogP contribution >= 0.6 is 0 Å². The highest BCUT2D eigenvalue weighted by Gasteiger charge is 2.17. The summed E-state index contributed by atoms with van der Waals surface area (Å²) in [6.45, 7) is -0.829. The molecule has 1 atom stereocenters. The van der Waals surface area contributed by atoms with E-state index in [2.05, 4.69) is 5.32 Å². The van der Waals surface area contributed by atoms with Gasteiger partial charge in [0.2, 0.25) is 0 Å². The van der Waals surface area contributed by atoms with Crippen molar-refractivity contribution >= 4 is 5.91 Å². The van der Waals surface area contributed by atoms with Gasteiger partial charge in [-0.05, 0) is 24.3 Å². The Morgan fingerprint density at radius 2 is 1.89 bits per heavy atom. The molecule has 0 saturated heterocycles. The normalized spacial score (nSPS) is 12.1. The van der Waals surface area contributed by atoms with Gasteiger partial charge in [-0.2, -0.15) is 0 Å². The van der Waals surface area contributed by atoms with E-state index in [0.717, 1.165) is 0 Å². The maximum atomic E-state index is 12.0. The fourth-order valence-electron chi connectivity index (χ4n) is 1.18. The number of aliphatic hydroxyl groups excluding tert-OH is 1. The van der Waals surface area contributed by atoms with E-state index in [9.17, 15) is 13.6 Å². The van der Waals surface area contributed by atoms with Gasteiger partial charge in [0.05, 0.1) is 7.11 Å². The van der Waals surface area contributed by atoms with Crippen LogP contribution < -0.4 is 14.8 Å². The number of benzene rings is 1. The van der Waals surface area contributed by atoms with Crippen LogP contribution in [0.5, 0.6) is 11.5 Å². The predicted molar refractivity (Wildman–Crippen MR) is 63.5 cm³/mol. The zero-order valence-corrected chi connectivity index (χ0v) is 10.3. The standard InChI is InChI=1S/C12H15F2NO4/c1-18-8-2-4-9(5-3-8)19-7-11(17)15-6-10(16)12(13)14/h2-5,10,12,16H,6-7H2,1H3,(H,15,17). The summed E-state index contributed by atoms with van der Waals surface area (Å²) < 4.78 is 34.0. The third-order valence-corrected chi connectivity index (χ3v) is 2.23. The number of carbonyl (C=O) groups excluding carboxylic acids is 1. The molecule has 1 aromatic carbocycles. The number of hydrogen-bond donors (Lipinski definition) is 2. The van der Waals surface area contributed by atoms with E-state index in [4.69, 9.17) is 14.6 Å². The fourth-order valence-corrected chi connectivity index (χ4v) is 1.18. The SMILES string of the molecule is COc1ccc(OCC(=O)NCC(O)C(F)F)cc1. The van der Waals surface area contributed by atoms with Crippen molar-refractivity contribution in [1.29, 1.82) is 0 Å². The lowest BCUT2D eigenvalue weighted by molar-refractivity contribution is -0.124. The van der Waals surface area contributed by atoms with Crippen molar-refractivity contribution in [2.75, 3.05) is 20.3 Å². The summed E-state index contributed by atoms with van der Waals surface area (Å²) in [5, 5.41) is 10.9. The average molecular weight is 275 g/mol. The maximum absolute atomic E-state index is 12.0. The summed E-state index contributed by atoms with van der Waals surface area (Å²) in [5.74, 6) is 0.512. The van der Waals surface area contributed by atoms with Crippen LogP contribution in [0.1, 0.15) is 0 Å². The number of halogens is 2. The Kier molecular flexibility index (Phi) is 6.01. The number of methoxy groups -OCH3 is 1. The van der Waals surface area contributed by atoms with Crippen LogP contribution in [0, 0.1) is 0 Å². The number of hydrogen-bond acceptors (Lipinski definition) is 4. The molecule has 1 aromatic rings. The second-order valence-electron chi connectivity index (χ2n) is 3.67. The van der Waals surface area contributed by atoms with Gasteiger partial charge >= 0.3 is 0 Å². The lowest BCUT2D eigenvalue weighted by Gasteiger charge is -2.11. The predicted octanol–water partition coefficient (Wildman–Crippen LogP) is 0.816. The van der Waals surface area contributed by atoms with Gasteiger partial charge in [-0.15, -0.1) is 0 Å². The number of rotatable bonds is 7. The average Bonchev–Trinajstić information content (AvgIpc) is 2.42. The molecule has 5 nitrogen and oxygen atoms in total. The van der Waals surface area contributed by atoms with Crippen molar-refractivity contribution in [2.45, 2.75) is 12.5 Å². The van der Waals surface area contributed by atoms with Gasteiger partial charge < -0.3 is 19.9 Å². The summed E-state index contributed by atoms with van der Waals surface area (Å²) in [4.78, 5) is 11.2. The van der Waals surface area contributed by atoms with Crippen molar-refractivity contribution in [2.24, 2.45) is 0 Å². The minimum Gasteiger partial charge on any atom is -0.497 e. The van der Waals surface area contributed by atoms with Crippen LogP contribution in [0.15, 0.2) is 24.3 Å². The molecule has 0 fully saturated rings. The largest absolute Gasteiger partial charge is 0.497 e. The van der Waals surface area contributed by atoms with E-state index in [1.54, 1.807) is 24.3 Å². The number of amides is 1. The zero-order valence-electron chi connectivity index (χ0n) is 10.3. The number of aliphatic hydroxyl groups is 1. The van der Waals surface area contributed by atoms with E-state index in [1.807, 2.05) is 0 Å². The van der Waals surface area contributed by atoms with Crippen LogP contribution in [0.4, 0.5) is 8.78 Å². The summed E-state index contributed by atoms with van der Waals surface area (Å²) in [6, 6.07) is 6.54. The monoisotopic (exact) mass is 275 g/mol. The van der Waals surface area contributed by atoms with Crippen molar-refractivity contribution in [3.63, 3.8) is 0 Å². The molecule has 0 radical (unpaired) electrons. The molecule has 106 valence electrons. The van der Waals surface area contributed by atoms with Gasteiger partial charge in [0.25, 0.3) is 12.3 Å². The fraction of sp³-hybridized carbons (Fsp3) is 0.417. The van der Waals surface area contributed by atoms with Crippen LogP contribution in [0.3, 0.4) is 0 Å². The number of nitrogens with one attached hydrogen (secondary N) is 1. The Bertz CT molecular complexity index is 397. The van der Waals surface area contributed by atoms with Crippen LogP contribution in [0.2, 0.25) is 0 Å². The number of alkyl halides is 2. The molecular formula is C12H15F2NO4. The molecule has 0 aliphatic rings. The molecule has 7 heteroatoms. The molecule has 0 heterocycles. The number of ether oxygens (including phenoxy) is 2. The minimum absolute atomic E-state index is 0.317. The van der Waals surface area contributed by atoms with Crippen LogP contribution in [0.25, 0.3) is 0 Å². The van der Waals surface area contributed by atoms with Gasteiger partial charge in [0.15, 0.2) is 6.61 Å². The molecule has 0 bridgehead atoms. The molecule has 1 rings (SSSR count). The van der Waals surface area contributed by atoms with Gasteiger partial charge in [0, 0.05) is 6.54 Å². The molecular weight excluding hydrogens is 260 g/mol. The van der Waals surface area contributed by atoms with E-state index < -0.39 is 25.0 Å². The maximum Gasteiger partial charge on any atom is 0.265 e. The lowest BCUT2D eigenvalue weighted by atomic mass is 10.3. The quantitative estimate of drug-likeness (QED) is 0.773. The lowest BCUT2D eigenvalue weighted by Crippen LogP contribution is -2.38. The first-order valence-corrected chi connectivity index (χ1v) is 5.52. The summed E-state index contributed by atoms with van der Waals surface area (Å²) >= 11 is 0. The van der Waals surface area contributed by atoms with Crippen LogP contribution in [-0.4, -0.2) is 43.8 Å². The summed E-state index contributed by atoms with van der Waals surface area (Å²) in [5.41, 5.74) is 0. The topological polar surface area (TPSA) is 67.8 Å². The minimum atomic E-state index is -2.89. The molecule has 0 aromatic heterocycles. The molecule has 1 amide bonds. The molecule has 0 saturated carbocycles. The van der Waals surface area contributed by atoms with Crippen LogP contribution in [-0.2, 0) is 4.79 Å².